The average Bonchev–Trinajstić information content (AvgIpc) is 3.37. The molecule has 1 saturated heterocycles. The lowest BCUT2D eigenvalue weighted by molar-refractivity contribution is -0.126. The van der Waals surface area contributed by atoms with Crippen LogP contribution < -0.4 is 15.4 Å². The number of carbonyl (C=O) groups is 1. The van der Waals surface area contributed by atoms with Crippen molar-refractivity contribution >= 4 is 29.4 Å². The van der Waals surface area contributed by atoms with Crippen molar-refractivity contribution in [3.63, 3.8) is 0 Å². The summed E-state index contributed by atoms with van der Waals surface area (Å²) in [5.41, 5.74) is 2.52. The predicted octanol–water partition coefficient (Wildman–Crippen LogP) is 4.01. The number of nitrogens with zero attached hydrogens (tertiary/aromatic N) is 3. The van der Waals surface area contributed by atoms with Crippen molar-refractivity contribution in [2.75, 3.05) is 5.75 Å². The van der Waals surface area contributed by atoms with E-state index in [0.29, 0.717) is 18.9 Å². The third-order valence-corrected chi connectivity index (χ3v) is 8.68. The van der Waals surface area contributed by atoms with E-state index in [1.807, 2.05) is 53.6 Å². The van der Waals surface area contributed by atoms with E-state index in [1.54, 1.807) is 11.8 Å². The van der Waals surface area contributed by atoms with Crippen LogP contribution in [-0.2, 0) is 17.9 Å². The highest BCUT2D eigenvalue weighted by molar-refractivity contribution is 8.04. The number of hydrogen-bond acceptors (Lipinski definition) is 7. The molecule has 9 heteroatoms. The maximum Gasteiger partial charge on any atom is 0.230 e. The van der Waals surface area contributed by atoms with Crippen molar-refractivity contribution < 1.29 is 9.53 Å². The molecule has 0 radical (unpaired) electrons. The van der Waals surface area contributed by atoms with E-state index in [4.69, 9.17) is 4.74 Å². The number of fused-ring (bicyclic) bond motifs is 2. The number of benzene rings is 1. The third kappa shape index (κ3) is 4.85. The molecule has 1 aromatic carbocycles. The second-order valence-electron chi connectivity index (χ2n) is 8.61. The first-order chi connectivity index (χ1) is 16.1. The lowest BCUT2D eigenvalue weighted by Gasteiger charge is -2.34. The molecule has 1 amide bonds. The Bertz CT molecular complexity index is 1080. The largest absolute Gasteiger partial charge is 0.486 e. The van der Waals surface area contributed by atoms with Crippen molar-refractivity contribution in [1.29, 1.82) is 0 Å². The van der Waals surface area contributed by atoms with Gasteiger partial charge >= 0.3 is 0 Å². The lowest BCUT2D eigenvalue weighted by atomic mass is 9.87. The lowest BCUT2D eigenvalue weighted by Crippen LogP contribution is -2.60. The van der Waals surface area contributed by atoms with Gasteiger partial charge in [-0.1, -0.05) is 30.0 Å². The van der Waals surface area contributed by atoms with Crippen molar-refractivity contribution in [3.05, 3.63) is 58.8 Å². The van der Waals surface area contributed by atoms with E-state index in [-0.39, 0.29) is 23.4 Å². The number of ether oxygens (including phenoxy) is 1. The summed E-state index contributed by atoms with van der Waals surface area (Å²) in [7, 11) is 0. The highest BCUT2D eigenvalue weighted by Gasteiger charge is 2.45. The SMILES string of the molecule is C=CCn1c(COc2cccc(C)c2)nnc1SCC1NC(=O)C2C3=C(CCCC3)SC2N1. The standard InChI is InChI=1S/C24H29N5O2S2/c1-3-11-29-20(13-31-16-8-6-7-15(2)12-16)27-28-24(29)32-14-19-25-22(30)21-17-9-4-5-10-18(17)33-23(21)26-19/h3,6-8,12,19,21,23,26H,1,4-5,9-11,13-14H2,2H3,(H,25,30). The summed E-state index contributed by atoms with van der Waals surface area (Å²) in [6.07, 6.45) is 6.36. The molecule has 174 valence electrons. The Labute approximate surface area is 202 Å². The number of amides is 1. The minimum Gasteiger partial charge on any atom is -0.486 e. The van der Waals surface area contributed by atoms with Crippen molar-refractivity contribution in [1.82, 2.24) is 25.4 Å². The van der Waals surface area contributed by atoms with Crippen molar-refractivity contribution in [3.8, 4) is 5.75 Å². The molecule has 3 atom stereocenters. The molecule has 1 aromatic heterocycles. The van der Waals surface area contributed by atoms with Crippen LogP contribution in [0.1, 0.15) is 37.1 Å². The van der Waals surface area contributed by atoms with Gasteiger partial charge in [-0.25, -0.2) is 0 Å². The Kier molecular flexibility index (Phi) is 6.80. The molecular weight excluding hydrogens is 454 g/mol. The predicted molar refractivity (Wildman–Crippen MR) is 132 cm³/mol. The number of hydrogen-bond donors (Lipinski definition) is 2. The molecule has 0 saturated carbocycles. The van der Waals surface area contributed by atoms with Gasteiger partial charge in [0.15, 0.2) is 11.0 Å². The first-order valence-electron chi connectivity index (χ1n) is 11.4. The molecule has 2 aliphatic heterocycles. The maximum absolute atomic E-state index is 12.9. The highest BCUT2D eigenvalue weighted by Crippen LogP contribution is 2.48. The Morgan fingerprint density at radius 2 is 2.21 bits per heavy atom. The van der Waals surface area contributed by atoms with Gasteiger partial charge in [-0.05, 0) is 60.8 Å². The van der Waals surface area contributed by atoms with Gasteiger partial charge in [0, 0.05) is 12.3 Å². The average molecular weight is 484 g/mol. The minimum atomic E-state index is -0.0986. The van der Waals surface area contributed by atoms with Crippen molar-refractivity contribution in [2.24, 2.45) is 5.92 Å². The quantitative estimate of drug-likeness (QED) is 0.434. The van der Waals surface area contributed by atoms with Crippen LogP contribution in [0.25, 0.3) is 0 Å². The summed E-state index contributed by atoms with van der Waals surface area (Å²) in [6, 6.07) is 7.96. The number of aromatic nitrogens is 3. The normalized spacial score (nSPS) is 24.3. The number of carbonyl (C=O) groups excluding carboxylic acids is 1. The highest BCUT2D eigenvalue weighted by atomic mass is 32.2. The Morgan fingerprint density at radius 3 is 3.06 bits per heavy atom. The molecular formula is C24H29N5O2S2. The molecule has 1 fully saturated rings. The van der Waals surface area contributed by atoms with Gasteiger partial charge in [0.1, 0.15) is 12.4 Å². The van der Waals surface area contributed by atoms with E-state index in [9.17, 15) is 4.79 Å². The van der Waals surface area contributed by atoms with Gasteiger partial charge in [-0.15, -0.1) is 28.5 Å². The van der Waals surface area contributed by atoms with E-state index in [1.165, 1.54) is 23.3 Å². The van der Waals surface area contributed by atoms with Crippen LogP contribution in [-0.4, -0.2) is 38.0 Å². The Morgan fingerprint density at radius 1 is 1.33 bits per heavy atom. The molecule has 3 heterocycles. The van der Waals surface area contributed by atoms with E-state index in [2.05, 4.69) is 27.4 Å². The van der Waals surface area contributed by atoms with Gasteiger partial charge in [0.05, 0.1) is 17.5 Å². The first kappa shape index (κ1) is 22.6. The zero-order chi connectivity index (χ0) is 22.8. The second-order valence-corrected chi connectivity index (χ2v) is 10.8. The molecule has 2 N–H and O–H groups in total. The molecule has 0 spiro atoms. The smallest absolute Gasteiger partial charge is 0.230 e. The Hall–Kier alpha value is -2.23. The van der Waals surface area contributed by atoms with Crippen molar-refractivity contribution in [2.45, 2.75) is 62.5 Å². The Balaban J connectivity index is 1.21. The second kappa shape index (κ2) is 9.95. The zero-order valence-electron chi connectivity index (χ0n) is 18.8. The van der Waals surface area contributed by atoms with Crippen LogP contribution in [0.2, 0.25) is 0 Å². The number of allylic oxidation sites excluding steroid dienone is 2. The van der Waals surface area contributed by atoms with Gasteiger partial charge in [0.2, 0.25) is 5.91 Å². The minimum absolute atomic E-state index is 0.0126. The molecule has 33 heavy (non-hydrogen) atoms. The fourth-order valence-corrected chi connectivity index (χ4v) is 7.18. The number of aryl methyl sites for hydroxylation is 1. The summed E-state index contributed by atoms with van der Waals surface area (Å²) in [5.74, 6) is 2.38. The maximum atomic E-state index is 12.9. The van der Waals surface area contributed by atoms with Gasteiger partial charge in [-0.2, -0.15) is 0 Å². The fourth-order valence-electron chi connectivity index (χ4n) is 4.64. The summed E-state index contributed by atoms with van der Waals surface area (Å²) in [6.45, 7) is 6.85. The molecule has 1 aliphatic carbocycles. The molecule has 0 bridgehead atoms. The summed E-state index contributed by atoms with van der Waals surface area (Å²) >= 11 is 3.45. The van der Waals surface area contributed by atoms with E-state index >= 15 is 0 Å². The summed E-state index contributed by atoms with van der Waals surface area (Å²) in [5, 5.41) is 16.5. The topological polar surface area (TPSA) is 81.1 Å². The molecule has 7 nitrogen and oxygen atoms in total. The summed E-state index contributed by atoms with van der Waals surface area (Å²) in [4.78, 5) is 14.3. The number of nitrogens with one attached hydrogen (secondary N) is 2. The monoisotopic (exact) mass is 483 g/mol. The first-order valence-corrected chi connectivity index (χ1v) is 13.3. The summed E-state index contributed by atoms with van der Waals surface area (Å²) < 4.78 is 7.95. The van der Waals surface area contributed by atoms with Gasteiger partial charge in [0.25, 0.3) is 0 Å². The third-order valence-electron chi connectivity index (χ3n) is 6.21. The zero-order valence-corrected chi connectivity index (χ0v) is 20.4. The molecule has 2 aromatic rings. The van der Waals surface area contributed by atoms with E-state index in [0.717, 1.165) is 35.1 Å². The van der Waals surface area contributed by atoms with Crippen LogP contribution in [0, 0.1) is 12.8 Å². The van der Waals surface area contributed by atoms with Crippen LogP contribution in [0.15, 0.2) is 52.6 Å². The molecule has 3 unspecified atom stereocenters. The van der Waals surface area contributed by atoms with E-state index < -0.39 is 0 Å². The number of thioether (sulfide) groups is 2. The molecule has 5 rings (SSSR count). The van der Waals surface area contributed by atoms with Gasteiger partial charge < -0.3 is 10.1 Å². The number of rotatable bonds is 8. The molecule has 3 aliphatic rings. The van der Waals surface area contributed by atoms with Gasteiger partial charge in [-0.3, -0.25) is 14.7 Å². The van der Waals surface area contributed by atoms with Crippen LogP contribution in [0.5, 0.6) is 5.75 Å². The fraction of sp³-hybridized carbons (Fsp3) is 0.458. The van der Waals surface area contributed by atoms with Crippen LogP contribution in [0.4, 0.5) is 0 Å². The van der Waals surface area contributed by atoms with Crippen LogP contribution in [0.3, 0.4) is 0 Å². The van der Waals surface area contributed by atoms with Crippen LogP contribution >= 0.6 is 23.5 Å².